The fourth-order valence-corrected chi connectivity index (χ4v) is 2.86. The van der Waals surface area contributed by atoms with Crippen molar-refractivity contribution in [3.63, 3.8) is 0 Å². The van der Waals surface area contributed by atoms with E-state index < -0.39 is 5.60 Å². The van der Waals surface area contributed by atoms with Gasteiger partial charge in [-0.1, -0.05) is 12.8 Å². The molecule has 88 valence electrons. The molecule has 0 aromatic rings. The Bertz CT molecular complexity index is 222. The molecule has 1 aliphatic carbocycles. The minimum atomic E-state index is -0.394. The first-order valence-corrected chi connectivity index (χ1v) is 6.20. The van der Waals surface area contributed by atoms with Crippen molar-refractivity contribution in [2.75, 3.05) is 26.2 Å². The van der Waals surface area contributed by atoms with Crippen LogP contribution in [0.25, 0.3) is 0 Å². The van der Waals surface area contributed by atoms with Gasteiger partial charge >= 0.3 is 0 Å². The van der Waals surface area contributed by atoms with Crippen LogP contribution in [0.15, 0.2) is 0 Å². The van der Waals surface area contributed by atoms with Crippen LogP contribution in [-0.2, 0) is 0 Å². The van der Waals surface area contributed by atoms with Gasteiger partial charge in [-0.3, -0.25) is 4.90 Å². The van der Waals surface area contributed by atoms with Gasteiger partial charge in [-0.05, 0) is 26.7 Å². The zero-order valence-electron chi connectivity index (χ0n) is 10.1. The highest BCUT2D eigenvalue weighted by Gasteiger charge is 2.38. The number of β-amino-alcohol motifs (C(OH)–C–C–N with tert-alkyl or cyclic N) is 1. The maximum Gasteiger partial charge on any atom is 0.0774 e. The van der Waals surface area contributed by atoms with E-state index in [4.69, 9.17) is 0 Å². The highest BCUT2D eigenvalue weighted by molar-refractivity contribution is 4.95. The Morgan fingerprint density at radius 1 is 1.27 bits per heavy atom. The largest absolute Gasteiger partial charge is 0.389 e. The summed E-state index contributed by atoms with van der Waals surface area (Å²) in [7, 11) is 0. The maximum absolute atomic E-state index is 10.4. The molecule has 0 radical (unpaired) electrons. The third-order valence-electron chi connectivity index (χ3n) is 3.99. The second-order valence-corrected chi connectivity index (χ2v) is 5.84. The lowest BCUT2D eigenvalue weighted by Crippen LogP contribution is -2.61. The lowest BCUT2D eigenvalue weighted by molar-refractivity contribution is -0.0294. The summed E-state index contributed by atoms with van der Waals surface area (Å²) in [6.45, 7) is 8.54. The Kier molecular flexibility index (Phi) is 3.06. The molecule has 3 heteroatoms. The van der Waals surface area contributed by atoms with Crippen LogP contribution in [0.5, 0.6) is 0 Å². The predicted octanol–water partition coefficient (Wildman–Crippen LogP) is 0.975. The first kappa shape index (κ1) is 11.4. The van der Waals surface area contributed by atoms with Crippen molar-refractivity contribution in [1.82, 2.24) is 10.2 Å². The van der Waals surface area contributed by atoms with Gasteiger partial charge in [-0.25, -0.2) is 0 Å². The van der Waals surface area contributed by atoms with Crippen LogP contribution in [0.1, 0.15) is 39.5 Å². The quantitative estimate of drug-likeness (QED) is 0.716. The number of hydrogen-bond donors (Lipinski definition) is 2. The minimum absolute atomic E-state index is 0.191. The smallest absolute Gasteiger partial charge is 0.0774 e. The van der Waals surface area contributed by atoms with Crippen LogP contribution in [0.2, 0.25) is 0 Å². The summed E-state index contributed by atoms with van der Waals surface area (Å²) in [5.74, 6) is 0. The third-order valence-corrected chi connectivity index (χ3v) is 3.99. The molecule has 15 heavy (non-hydrogen) atoms. The molecule has 1 saturated carbocycles. The van der Waals surface area contributed by atoms with Gasteiger partial charge in [0.1, 0.15) is 0 Å². The average Bonchev–Trinajstić information content (AvgIpc) is 2.56. The zero-order chi connectivity index (χ0) is 10.9. The van der Waals surface area contributed by atoms with Gasteiger partial charge in [0.25, 0.3) is 0 Å². The van der Waals surface area contributed by atoms with E-state index in [1.54, 1.807) is 0 Å². The number of nitrogens with one attached hydrogen (secondary N) is 1. The van der Waals surface area contributed by atoms with Gasteiger partial charge in [0.05, 0.1) is 5.60 Å². The predicted molar refractivity (Wildman–Crippen MR) is 61.9 cm³/mol. The summed E-state index contributed by atoms with van der Waals surface area (Å²) < 4.78 is 0. The second kappa shape index (κ2) is 4.04. The third kappa shape index (κ3) is 2.52. The van der Waals surface area contributed by atoms with Gasteiger partial charge in [0.15, 0.2) is 0 Å². The zero-order valence-corrected chi connectivity index (χ0v) is 10.1. The van der Waals surface area contributed by atoms with Crippen molar-refractivity contribution in [1.29, 1.82) is 0 Å². The van der Waals surface area contributed by atoms with Gasteiger partial charge in [0.2, 0.25) is 0 Å². The average molecular weight is 212 g/mol. The van der Waals surface area contributed by atoms with Crippen LogP contribution < -0.4 is 5.32 Å². The van der Waals surface area contributed by atoms with Crippen LogP contribution in [0.3, 0.4) is 0 Å². The summed E-state index contributed by atoms with van der Waals surface area (Å²) >= 11 is 0. The van der Waals surface area contributed by atoms with Gasteiger partial charge < -0.3 is 10.4 Å². The van der Waals surface area contributed by atoms with E-state index in [2.05, 4.69) is 24.1 Å². The lowest BCUT2D eigenvalue weighted by atomic mass is 9.94. The molecule has 2 N–H and O–H groups in total. The molecule has 0 amide bonds. The Morgan fingerprint density at radius 2 is 1.93 bits per heavy atom. The molecular weight excluding hydrogens is 188 g/mol. The highest BCUT2D eigenvalue weighted by Crippen LogP contribution is 2.32. The molecule has 0 unspecified atom stereocenters. The van der Waals surface area contributed by atoms with E-state index in [1.807, 2.05) is 0 Å². The van der Waals surface area contributed by atoms with Crippen molar-refractivity contribution < 1.29 is 5.11 Å². The van der Waals surface area contributed by atoms with Crippen molar-refractivity contribution >= 4 is 0 Å². The van der Waals surface area contributed by atoms with Crippen molar-refractivity contribution in [2.24, 2.45) is 0 Å². The van der Waals surface area contributed by atoms with Gasteiger partial charge in [0, 0.05) is 31.7 Å². The molecular formula is C12H24N2O. The number of aliphatic hydroxyl groups is 1. The van der Waals surface area contributed by atoms with Crippen LogP contribution in [0.4, 0.5) is 0 Å². The van der Waals surface area contributed by atoms with E-state index >= 15 is 0 Å². The summed E-state index contributed by atoms with van der Waals surface area (Å²) in [6.07, 6.45) is 4.38. The standard InChI is InChI=1S/C12H24N2O/c1-11(2)9-13-7-8-14(11)10-12(15)5-3-4-6-12/h13,15H,3-10H2,1-2H3. The Hall–Kier alpha value is -0.120. The van der Waals surface area contributed by atoms with E-state index in [1.165, 1.54) is 12.8 Å². The first-order valence-electron chi connectivity index (χ1n) is 6.20. The topological polar surface area (TPSA) is 35.5 Å². The normalized spacial score (nSPS) is 30.6. The summed E-state index contributed by atoms with van der Waals surface area (Å²) in [6, 6.07) is 0. The molecule has 0 atom stereocenters. The number of hydrogen-bond acceptors (Lipinski definition) is 3. The fraction of sp³-hybridized carbons (Fsp3) is 1.00. The Labute approximate surface area is 92.8 Å². The van der Waals surface area contributed by atoms with E-state index in [0.29, 0.717) is 0 Å². The molecule has 2 aliphatic rings. The van der Waals surface area contributed by atoms with Gasteiger partial charge in [-0.2, -0.15) is 0 Å². The Balaban J connectivity index is 1.97. The van der Waals surface area contributed by atoms with E-state index in [-0.39, 0.29) is 5.54 Å². The second-order valence-electron chi connectivity index (χ2n) is 5.84. The summed E-state index contributed by atoms with van der Waals surface area (Å²) in [4.78, 5) is 2.45. The molecule has 1 saturated heterocycles. The van der Waals surface area contributed by atoms with Crippen LogP contribution in [0, 0.1) is 0 Å². The molecule has 1 aliphatic heterocycles. The number of piperazine rings is 1. The lowest BCUT2D eigenvalue weighted by Gasteiger charge is -2.45. The Morgan fingerprint density at radius 3 is 2.53 bits per heavy atom. The number of nitrogens with zero attached hydrogens (tertiary/aromatic N) is 1. The molecule has 0 aromatic carbocycles. The van der Waals surface area contributed by atoms with E-state index in [9.17, 15) is 5.11 Å². The number of rotatable bonds is 2. The van der Waals surface area contributed by atoms with Crippen molar-refractivity contribution in [2.45, 2.75) is 50.7 Å². The summed E-state index contributed by atoms with van der Waals surface area (Å²) in [5.41, 5.74) is -0.203. The molecule has 0 spiro atoms. The molecule has 2 fully saturated rings. The fourth-order valence-electron chi connectivity index (χ4n) is 2.86. The van der Waals surface area contributed by atoms with Crippen molar-refractivity contribution in [3.05, 3.63) is 0 Å². The minimum Gasteiger partial charge on any atom is -0.389 e. The maximum atomic E-state index is 10.4. The monoisotopic (exact) mass is 212 g/mol. The molecule has 2 rings (SSSR count). The van der Waals surface area contributed by atoms with E-state index in [0.717, 1.165) is 39.0 Å². The molecule has 3 nitrogen and oxygen atoms in total. The molecule has 0 aromatic heterocycles. The van der Waals surface area contributed by atoms with Crippen molar-refractivity contribution in [3.8, 4) is 0 Å². The molecule has 0 bridgehead atoms. The molecule has 1 heterocycles. The van der Waals surface area contributed by atoms with Crippen LogP contribution >= 0.6 is 0 Å². The first-order chi connectivity index (χ1) is 7.02. The summed E-state index contributed by atoms with van der Waals surface area (Å²) in [5, 5.41) is 13.8. The van der Waals surface area contributed by atoms with Crippen LogP contribution in [-0.4, -0.2) is 47.3 Å². The van der Waals surface area contributed by atoms with Gasteiger partial charge in [-0.15, -0.1) is 0 Å². The highest BCUT2D eigenvalue weighted by atomic mass is 16.3. The SMILES string of the molecule is CC1(C)CNCCN1CC1(O)CCCC1.